The zero-order valence-electron chi connectivity index (χ0n) is 54.8. The number of anilines is 1. The molecule has 4 aliphatic rings. The van der Waals surface area contributed by atoms with Crippen molar-refractivity contribution in [1.82, 2.24) is 56.3 Å². The molecule has 4 aliphatic heterocycles. The molecule has 0 aliphatic carbocycles. The number of para-hydroxylation sites is 1. The summed E-state index contributed by atoms with van der Waals surface area (Å²) >= 11 is 1.43. The number of carbonyl (C=O) groups is 7. The molecule has 544 valence electrons. The summed E-state index contributed by atoms with van der Waals surface area (Å²) in [5.41, 5.74) is 3.27. The van der Waals surface area contributed by atoms with Gasteiger partial charge in [0.15, 0.2) is 11.5 Å². The number of fused-ring (bicyclic) bond motifs is 3. The second kappa shape index (κ2) is 34.3. The van der Waals surface area contributed by atoms with Crippen molar-refractivity contribution in [3.8, 4) is 39.1 Å². The number of amides is 7. The van der Waals surface area contributed by atoms with Gasteiger partial charge >= 0.3 is 0 Å². The molecule has 4 aromatic carbocycles. The normalized spacial score (nSPS) is 24.8. The molecule has 101 heavy (non-hydrogen) atoms. The van der Waals surface area contributed by atoms with Crippen molar-refractivity contribution < 1.29 is 103 Å². The molecule has 6 aromatic rings. The summed E-state index contributed by atoms with van der Waals surface area (Å²) < 4.78 is 17.4. The average molecular weight is 1440 g/mol. The van der Waals surface area contributed by atoms with Crippen LogP contribution in [0.4, 0.5) is 5.69 Å². The van der Waals surface area contributed by atoms with E-state index in [1.165, 1.54) is 42.1 Å². The number of imidazole rings is 1. The molecule has 0 spiro atoms. The molecule has 35 heteroatoms. The maximum Gasteiger partial charge on any atom is 0.261 e. The fourth-order valence-corrected chi connectivity index (χ4v) is 13.8. The number of aromatic nitrogens is 3. The van der Waals surface area contributed by atoms with Gasteiger partial charge in [-0.15, -0.1) is 0 Å². The number of aliphatic hydroxyl groups is 8. The fraction of sp³-hybridized carbons (Fsp3) is 0.470. The lowest BCUT2D eigenvalue weighted by Gasteiger charge is -2.34. The van der Waals surface area contributed by atoms with E-state index in [4.69, 9.17) is 24.3 Å². The van der Waals surface area contributed by atoms with E-state index < -0.39 is 184 Å². The second-order valence-electron chi connectivity index (χ2n) is 25.4. The highest BCUT2D eigenvalue weighted by molar-refractivity contribution is 7.90. The predicted molar refractivity (Wildman–Crippen MR) is 361 cm³/mol. The van der Waals surface area contributed by atoms with E-state index in [1.807, 2.05) is 42.5 Å². The van der Waals surface area contributed by atoms with Crippen molar-refractivity contribution in [2.24, 2.45) is 5.92 Å². The van der Waals surface area contributed by atoms with Crippen molar-refractivity contribution in [2.45, 2.75) is 137 Å². The topological polar surface area (TPSA) is 471 Å². The van der Waals surface area contributed by atoms with E-state index in [0.29, 0.717) is 21.2 Å². The smallest absolute Gasteiger partial charge is 0.261 e. The van der Waals surface area contributed by atoms with E-state index in [0.717, 1.165) is 66.1 Å². The third-order valence-electron chi connectivity index (χ3n) is 18.2. The summed E-state index contributed by atoms with van der Waals surface area (Å²) in [6.07, 6.45) is -9.12. The second-order valence-corrected chi connectivity index (χ2v) is 26.8. The number of carbonyl (C=O) groups excluding carboxylic acids is 7. The van der Waals surface area contributed by atoms with Crippen LogP contribution < -0.4 is 45.7 Å². The molecular formula is C66H82N12O21S2. The average Bonchev–Trinajstić information content (AvgIpc) is 1.70. The lowest BCUT2D eigenvalue weighted by atomic mass is 9.98. The number of hydrogen-bond acceptors (Lipinski definition) is 27. The zero-order chi connectivity index (χ0) is 72.2. The van der Waals surface area contributed by atoms with Crippen molar-refractivity contribution in [2.75, 3.05) is 57.4 Å². The van der Waals surface area contributed by atoms with E-state index in [1.54, 1.807) is 22.8 Å². The van der Waals surface area contributed by atoms with E-state index in [2.05, 4.69) is 58.3 Å². The third kappa shape index (κ3) is 18.5. The van der Waals surface area contributed by atoms with Gasteiger partial charge in [-0.05, 0) is 86.1 Å². The Morgan fingerprint density at radius 1 is 0.772 bits per heavy atom. The molecule has 4 fully saturated rings. The van der Waals surface area contributed by atoms with Crippen LogP contribution in [-0.4, -0.2) is 254 Å². The third-order valence-corrected chi connectivity index (χ3v) is 19.5. The highest BCUT2D eigenvalue weighted by Gasteiger charge is 2.50. The first-order valence-electron chi connectivity index (χ1n) is 32.8. The summed E-state index contributed by atoms with van der Waals surface area (Å²) in [5, 5.41) is 132. The number of phenols is 1. The number of aromatic hydroxyl groups is 1. The van der Waals surface area contributed by atoms with Gasteiger partial charge in [0.05, 0.1) is 67.8 Å². The molecule has 33 nitrogen and oxygen atoms in total. The standard InChI is InChI=1S/C66H82N12O21S2/c1-34-29-77-56(57(34)87)62(92)68-28-42(82)26-46(69-58(88)38-11-9-37(10-12-38)47-31-78-66(70-47)100-63(74-78)39-13-15-44(16-14-39)96-45-19-22-75(23-20-45)41-6-4-3-5-7-41)59(89)71-53(35(2)81)64(93)76-30-43(83)27-48(76)60(90)72-54(51(86)24-36-8-17-49(84)52(25-36)97-101-99-98-95)61(91)73-55(65(77)94)50(85)18-21-67-40(32-79)33-80/h3-17,25,31,34-35,40,42-43,45-46,48,50-51,53-57,67,79-87,95H,18-24,26-30,32-33H2,1-2H3,(H,68,92)(H,69,88)(H,71,89)(H,72,90)(H,73,91)/t34-,35+,42+,43+,46-,48-,50+,51+,53-,54-,55-,56-,57-/m0/s1. The van der Waals surface area contributed by atoms with Gasteiger partial charge in [-0.3, -0.25) is 33.6 Å². The lowest BCUT2D eigenvalue weighted by Crippen LogP contribution is -2.64. The van der Waals surface area contributed by atoms with E-state index in [-0.39, 0.29) is 48.4 Å². The maximum absolute atomic E-state index is 15.0. The molecule has 7 amide bonds. The van der Waals surface area contributed by atoms with Gasteiger partial charge in [0.25, 0.3) is 18.2 Å². The van der Waals surface area contributed by atoms with Gasteiger partial charge in [0.2, 0.25) is 40.4 Å². The Balaban J connectivity index is 0.886. The van der Waals surface area contributed by atoms with Crippen LogP contribution in [0.1, 0.15) is 61.9 Å². The number of piperidine rings is 1. The van der Waals surface area contributed by atoms with Gasteiger partial charge in [0.1, 0.15) is 53.1 Å². The lowest BCUT2D eigenvalue weighted by molar-refractivity contribution is -0.433. The quantitative estimate of drug-likeness (QED) is 0.0160. The maximum atomic E-state index is 15.0. The summed E-state index contributed by atoms with van der Waals surface area (Å²) in [6, 6.07) is 15.3. The first-order chi connectivity index (χ1) is 48.5. The van der Waals surface area contributed by atoms with E-state index >= 15 is 4.79 Å². The number of aliphatic hydroxyl groups excluding tert-OH is 8. The molecular weight excluding hydrogens is 1360 g/mol. The van der Waals surface area contributed by atoms with Crippen LogP contribution in [0.25, 0.3) is 26.8 Å². The van der Waals surface area contributed by atoms with Crippen LogP contribution in [0.15, 0.2) is 103 Å². The van der Waals surface area contributed by atoms with Gasteiger partial charge in [-0.25, -0.2) is 14.8 Å². The largest absolute Gasteiger partial charge is 0.504 e. The number of hydrogen-bond donors (Lipinski definition) is 16. The minimum atomic E-state index is -2.17. The van der Waals surface area contributed by atoms with Crippen molar-refractivity contribution in [1.29, 1.82) is 0 Å². The van der Waals surface area contributed by atoms with Crippen LogP contribution in [0, 0.1) is 5.92 Å². The number of nitrogens with zero attached hydrogens (tertiary/aromatic N) is 6. The Bertz CT molecular complexity index is 3800. The summed E-state index contributed by atoms with van der Waals surface area (Å²) in [4.78, 5) is 112. The van der Waals surface area contributed by atoms with Crippen LogP contribution in [-0.2, 0) is 44.6 Å². The Labute approximate surface area is 586 Å². The van der Waals surface area contributed by atoms with Crippen LogP contribution >= 0.6 is 23.7 Å². The molecule has 16 N–H and O–H groups in total. The Kier molecular flexibility index (Phi) is 25.5. The van der Waals surface area contributed by atoms with Crippen molar-refractivity contribution >= 4 is 75.7 Å². The van der Waals surface area contributed by atoms with Gasteiger partial charge in [0, 0.05) is 93.1 Å². The van der Waals surface area contributed by atoms with Gasteiger partial charge < -0.3 is 101 Å². The molecule has 4 saturated heterocycles. The number of ether oxygens (including phenoxy) is 1. The van der Waals surface area contributed by atoms with Crippen LogP contribution in [0.5, 0.6) is 17.2 Å². The van der Waals surface area contributed by atoms with Crippen LogP contribution in [0.2, 0.25) is 0 Å². The van der Waals surface area contributed by atoms with Crippen molar-refractivity contribution in [3.05, 3.63) is 114 Å². The fourth-order valence-electron chi connectivity index (χ4n) is 12.6. The number of phenolic OH excluding ortho intramolecular Hbond substituents is 1. The first-order valence-corrected chi connectivity index (χ1v) is 34.3. The molecule has 6 heterocycles. The molecule has 0 saturated carbocycles. The van der Waals surface area contributed by atoms with Crippen LogP contribution in [0.3, 0.4) is 0 Å². The zero-order valence-corrected chi connectivity index (χ0v) is 56.5. The Hall–Kier alpha value is -8.66. The van der Waals surface area contributed by atoms with E-state index in [9.17, 15) is 74.7 Å². The summed E-state index contributed by atoms with van der Waals surface area (Å²) in [6.45, 7) is 1.44. The minimum absolute atomic E-state index is 0.00627. The molecule has 0 radical (unpaired) electrons. The minimum Gasteiger partial charge on any atom is -0.504 e. The number of β-amino-alcohol motifs (C(OH)–C–C–N with tert-alkyl or cyclic N) is 1. The monoisotopic (exact) mass is 1440 g/mol. The number of nitrogens with one attached hydrogen (secondary N) is 6. The Morgan fingerprint density at radius 3 is 2.14 bits per heavy atom. The summed E-state index contributed by atoms with van der Waals surface area (Å²) in [7, 11) is 0. The predicted octanol–water partition coefficient (Wildman–Crippen LogP) is -1.48. The molecule has 0 unspecified atom stereocenters. The molecule has 0 bridgehead atoms. The number of benzene rings is 4. The number of rotatable bonds is 22. The first kappa shape index (κ1) is 75.0. The molecule has 2 aromatic heterocycles. The summed E-state index contributed by atoms with van der Waals surface area (Å²) in [5.74, 6) is -8.89. The highest BCUT2D eigenvalue weighted by atomic mass is 32.2. The van der Waals surface area contributed by atoms with Gasteiger partial charge in [-0.1, -0.05) is 64.0 Å². The van der Waals surface area contributed by atoms with Crippen molar-refractivity contribution in [3.63, 3.8) is 0 Å². The molecule has 13 atom stereocenters. The molecule has 10 rings (SSSR count). The Morgan fingerprint density at radius 2 is 1.46 bits per heavy atom. The highest BCUT2D eigenvalue weighted by Crippen LogP contribution is 2.34. The SMILES string of the molecule is C[C@@H](O)[C@@H]1NC(=O)[C@@H](NC(=O)c2ccc(-c3cn4nc(-c5ccc(OC6CCN(c7ccccc7)CC6)cc5)sc4n3)cc2)C[C@@H](O)CNC(=O)[C@@H]2[C@@H](O)[C@@H](C)CN2C(=O)[C@H]([C@H](O)CCNC(CO)CO)NC(=O)[C@H]([C@H](O)Cc2ccc(O)c(OSOOO)c2)NC(=O)[C@@H]2C[C@@H](O)CN2C1=O. The van der Waals surface area contributed by atoms with Gasteiger partial charge in [-0.2, -0.15) is 5.10 Å².